The first-order valence-electron chi connectivity index (χ1n) is 8.51. The number of likely N-dealkylation sites (N-methyl/N-ethyl adjacent to an activating group) is 1. The second-order valence-electron chi connectivity index (χ2n) is 6.46. The van der Waals surface area contributed by atoms with Crippen LogP contribution in [-0.4, -0.2) is 77.1 Å². The molecule has 0 bridgehead atoms. The minimum Gasteiger partial charge on any atom is -0.379 e. The molecule has 1 heterocycles. The van der Waals surface area contributed by atoms with E-state index in [9.17, 15) is 0 Å². The zero-order valence-corrected chi connectivity index (χ0v) is 14.3. The molecule has 0 aromatic heterocycles. The number of nitrogens with one attached hydrogen (secondary N) is 2. The third kappa shape index (κ3) is 6.10. The van der Waals surface area contributed by atoms with Crippen LogP contribution in [0.2, 0.25) is 0 Å². The SMILES string of the molecule is CN=C(NCCCOC1CCOC1)NCC(C1CC1)N(C)C. The minimum atomic E-state index is 0.303. The van der Waals surface area contributed by atoms with Crippen LogP contribution in [0.15, 0.2) is 4.99 Å². The molecule has 2 rings (SSSR count). The van der Waals surface area contributed by atoms with E-state index in [1.54, 1.807) is 0 Å². The van der Waals surface area contributed by atoms with Crippen LogP contribution in [0.1, 0.15) is 25.7 Å². The Bertz CT molecular complexity index is 337. The summed E-state index contributed by atoms with van der Waals surface area (Å²) >= 11 is 0. The third-order valence-electron chi connectivity index (χ3n) is 4.39. The largest absolute Gasteiger partial charge is 0.379 e. The summed E-state index contributed by atoms with van der Waals surface area (Å²) in [5, 5.41) is 6.80. The average Bonchev–Trinajstić information content (AvgIpc) is 3.20. The number of ether oxygens (including phenoxy) is 2. The number of hydrogen-bond donors (Lipinski definition) is 2. The molecule has 1 saturated carbocycles. The molecule has 1 aliphatic carbocycles. The maximum atomic E-state index is 5.76. The number of hydrogen-bond acceptors (Lipinski definition) is 4. The van der Waals surface area contributed by atoms with Gasteiger partial charge in [-0.05, 0) is 45.7 Å². The minimum absolute atomic E-state index is 0.303. The van der Waals surface area contributed by atoms with Gasteiger partial charge in [0, 0.05) is 39.4 Å². The summed E-state index contributed by atoms with van der Waals surface area (Å²) in [5.74, 6) is 1.74. The van der Waals surface area contributed by atoms with E-state index in [0.717, 1.165) is 57.6 Å². The third-order valence-corrected chi connectivity index (χ3v) is 4.39. The number of guanidine groups is 1. The van der Waals surface area contributed by atoms with Crippen molar-refractivity contribution in [3.8, 4) is 0 Å². The Hall–Kier alpha value is -0.850. The molecular formula is C16H32N4O2. The normalized spacial score (nSPS) is 23.8. The van der Waals surface area contributed by atoms with Gasteiger partial charge in [-0.1, -0.05) is 0 Å². The number of nitrogens with zero attached hydrogens (tertiary/aromatic N) is 2. The molecule has 1 saturated heterocycles. The molecule has 6 nitrogen and oxygen atoms in total. The Kier molecular flexibility index (Phi) is 7.42. The van der Waals surface area contributed by atoms with Crippen molar-refractivity contribution in [2.45, 2.75) is 37.8 Å². The first-order chi connectivity index (χ1) is 10.7. The second kappa shape index (κ2) is 9.33. The Labute approximate surface area is 134 Å². The highest BCUT2D eigenvalue weighted by Crippen LogP contribution is 2.34. The van der Waals surface area contributed by atoms with Gasteiger partial charge in [-0.2, -0.15) is 0 Å². The molecule has 1 aliphatic heterocycles. The van der Waals surface area contributed by atoms with Gasteiger partial charge < -0.3 is 25.0 Å². The monoisotopic (exact) mass is 312 g/mol. The summed E-state index contributed by atoms with van der Waals surface area (Å²) < 4.78 is 11.0. The fourth-order valence-corrected chi connectivity index (χ4v) is 2.85. The quantitative estimate of drug-likeness (QED) is 0.373. The maximum absolute atomic E-state index is 5.76. The van der Waals surface area contributed by atoms with Crippen LogP contribution >= 0.6 is 0 Å². The lowest BCUT2D eigenvalue weighted by Gasteiger charge is -2.25. The highest BCUT2D eigenvalue weighted by atomic mass is 16.5. The van der Waals surface area contributed by atoms with Gasteiger partial charge in [0.1, 0.15) is 0 Å². The highest BCUT2D eigenvalue weighted by molar-refractivity contribution is 5.79. The van der Waals surface area contributed by atoms with Gasteiger partial charge in [-0.25, -0.2) is 0 Å². The fraction of sp³-hybridized carbons (Fsp3) is 0.938. The van der Waals surface area contributed by atoms with Crippen molar-refractivity contribution in [2.75, 3.05) is 54.1 Å². The summed E-state index contributed by atoms with van der Waals surface area (Å²) in [6, 6.07) is 0.601. The molecule has 2 unspecified atom stereocenters. The van der Waals surface area contributed by atoms with E-state index in [0.29, 0.717) is 12.1 Å². The lowest BCUT2D eigenvalue weighted by Crippen LogP contribution is -2.46. The zero-order chi connectivity index (χ0) is 15.8. The van der Waals surface area contributed by atoms with Crippen molar-refractivity contribution >= 4 is 5.96 Å². The van der Waals surface area contributed by atoms with Gasteiger partial charge in [0.15, 0.2) is 5.96 Å². The van der Waals surface area contributed by atoms with Gasteiger partial charge in [0.25, 0.3) is 0 Å². The van der Waals surface area contributed by atoms with E-state index in [4.69, 9.17) is 9.47 Å². The summed E-state index contributed by atoms with van der Waals surface area (Å²) in [5.41, 5.74) is 0. The second-order valence-corrected chi connectivity index (χ2v) is 6.46. The summed E-state index contributed by atoms with van der Waals surface area (Å²) in [4.78, 5) is 6.60. The predicted molar refractivity (Wildman–Crippen MR) is 89.4 cm³/mol. The molecule has 128 valence electrons. The fourth-order valence-electron chi connectivity index (χ4n) is 2.85. The number of aliphatic imine (C=N–C) groups is 1. The maximum Gasteiger partial charge on any atom is 0.191 e. The van der Waals surface area contributed by atoms with Crippen LogP contribution in [0, 0.1) is 5.92 Å². The molecule has 0 radical (unpaired) electrons. The smallest absolute Gasteiger partial charge is 0.191 e. The Morgan fingerprint density at radius 3 is 2.73 bits per heavy atom. The van der Waals surface area contributed by atoms with E-state index < -0.39 is 0 Å². The summed E-state index contributed by atoms with van der Waals surface area (Å²) in [7, 11) is 6.14. The molecule has 22 heavy (non-hydrogen) atoms. The van der Waals surface area contributed by atoms with Crippen molar-refractivity contribution in [1.82, 2.24) is 15.5 Å². The van der Waals surface area contributed by atoms with Crippen LogP contribution in [0.25, 0.3) is 0 Å². The Morgan fingerprint density at radius 1 is 1.32 bits per heavy atom. The molecule has 2 N–H and O–H groups in total. The van der Waals surface area contributed by atoms with E-state index in [1.807, 2.05) is 7.05 Å². The van der Waals surface area contributed by atoms with Crippen molar-refractivity contribution in [3.63, 3.8) is 0 Å². The van der Waals surface area contributed by atoms with Gasteiger partial charge in [-0.15, -0.1) is 0 Å². The molecule has 2 aliphatic rings. The van der Waals surface area contributed by atoms with E-state index >= 15 is 0 Å². The van der Waals surface area contributed by atoms with E-state index in [-0.39, 0.29) is 0 Å². The Balaban J connectivity index is 1.54. The molecule has 0 amide bonds. The van der Waals surface area contributed by atoms with Crippen LogP contribution < -0.4 is 10.6 Å². The summed E-state index contributed by atoms with van der Waals surface area (Å²) in [6.07, 6.45) is 5.04. The van der Waals surface area contributed by atoms with Crippen molar-refractivity contribution in [1.29, 1.82) is 0 Å². The van der Waals surface area contributed by atoms with Gasteiger partial charge in [0.2, 0.25) is 0 Å². The summed E-state index contributed by atoms with van der Waals surface area (Å²) in [6.45, 7) is 4.20. The van der Waals surface area contributed by atoms with Crippen molar-refractivity contribution in [3.05, 3.63) is 0 Å². The van der Waals surface area contributed by atoms with Crippen LogP contribution in [0.5, 0.6) is 0 Å². The van der Waals surface area contributed by atoms with Gasteiger partial charge in [0.05, 0.1) is 12.7 Å². The van der Waals surface area contributed by atoms with E-state index in [2.05, 4.69) is 34.6 Å². The zero-order valence-electron chi connectivity index (χ0n) is 14.3. The van der Waals surface area contributed by atoms with Crippen molar-refractivity contribution in [2.24, 2.45) is 10.9 Å². The van der Waals surface area contributed by atoms with Gasteiger partial charge in [-0.3, -0.25) is 4.99 Å². The predicted octanol–water partition coefficient (Wildman–Crippen LogP) is 0.687. The molecule has 0 aromatic rings. The molecule has 2 atom stereocenters. The Morgan fingerprint density at radius 2 is 2.14 bits per heavy atom. The lowest BCUT2D eigenvalue weighted by molar-refractivity contribution is 0.0420. The molecular weight excluding hydrogens is 280 g/mol. The molecule has 2 fully saturated rings. The lowest BCUT2D eigenvalue weighted by atomic mass is 10.1. The van der Waals surface area contributed by atoms with Gasteiger partial charge >= 0.3 is 0 Å². The van der Waals surface area contributed by atoms with Crippen LogP contribution in [0.3, 0.4) is 0 Å². The first-order valence-corrected chi connectivity index (χ1v) is 8.51. The van der Waals surface area contributed by atoms with E-state index in [1.165, 1.54) is 12.8 Å². The van der Waals surface area contributed by atoms with Crippen molar-refractivity contribution < 1.29 is 9.47 Å². The van der Waals surface area contributed by atoms with Crippen LogP contribution in [0.4, 0.5) is 0 Å². The van der Waals surface area contributed by atoms with Crippen LogP contribution in [-0.2, 0) is 9.47 Å². The molecule has 6 heteroatoms. The topological polar surface area (TPSA) is 58.1 Å². The highest BCUT2D eigenvalue weighted by Gasteiger charge is 2.32. The molecule has 0 aromatic carbocycles. The average molecular weight is 312 g/mol. The standard InChI is InChI=1S/C16H32N4O2/c1-17-16(19-11-15(20(2)3)13-5-6-13)18-8-4-9-22-14-7-10-21-12-14/h13-15H,4-12H2,1-3H3,(H2,17,18,19). The molecule has 0 spiro atoms. The number of rotatable bonds is 9. The first kappa shape index (κ1) is 17.5.